The van der Waals surface area contributed by atoms with Gasteiger partial charge in [0.05, 0.1) is 11.4 Å². The number of anilines is 2. The van der Waals surface area contributed by atoms with Crippen molar-refractivity contribution in [2.24, 2.45) is 0 Å². The Morgan fingerprint density at radius 1 is 1.06 bits per heavy atom. The molecule has 1 aliphatic rings. The summed E-state index contributed by atoms with van der Waals surface area (Å²) >= 11 is 0. The third-order valence-electron chi connectivity index (χ3n) is 6.44. The number of nitrogens with one attached hydrogen (secondary N) is 1. The zero-order valence-corrected chi connectivity index (χ0v) is 21.3. The molecule has 6 nitrogen and oxygen atoms in total. The summed E-state index contributed by atoms with van der Waals surface area (Å²) in [5.41, 5.74) is 2.37. The largest absolute Gasteiger partial charge is 0.542 e. The van der Waals surface area contributed by atoms with Crippen molar-refractivity contribution in [2.45, 2.75) is 63.9 Å². The highest BCUT2D eigenvalue weighted by Gasteiger charge is 2.39. The predicted octanol–water partition coefficient (Wildman–Crippen LogP) is 5.18. The molecule has 0 radical (unpaired) electrons. The summed E-state index contributed by atoms with van der Waals surface area (Å²) in [6.07, 6.45) is 2.80. The van der Waals surface area contributed by atoms with Gasteiger partial charge in [0.15, 0.2) is 0 Å². The van der Waals surface area contributed by atoms with Crippen LogP contribution in [0.25, 0.3) is 0 Å². The standard InChI is InChI=1S/C23H35N3O3SSi/c1-18-7-9-19(10-8-18)26-15-13-21(14-16-26)30(27,28)25-22-12-11-20(17-24-22)29-31(5,6)23(2,3)4/h7-12,17,21H,13-16H2,1-6H3,(H,24,25). The Bertz CT molecular complexity index is 976. The minimum Gasteiger partial charge on any atom is -0.542 e. The molecule has 2 heterocycles. The average Bonchev–Trinajstić information content (AvgIpc) is 2.69. The summed E-state index contributed by atoms with van der Waals surface area (Å²) in [6.45, 7) is 14.4. The topological polar surface area (TPSA) is 71.5 Å². The summed E-state index contributed by atoms with van der Waals surface area (Å²) < 4.78 is 34.7. The van der Waals surface area contributed by atoms with E-state index in [4.69, 9.17) is 4.43 Å². The van der Waals surface area contributed by atoms with Crippen molar-refractivity contribution in [3.8, 4) is 5.75 Å². The van der Waals surface area contributed by atoms with Gasteiger partial charge in [0.1, 0.15) is 11.6 Å². The van der Waals surface area contributed by atoms with Crippen molar-refractivity contribution in [3.05, 3.63) is 48.2 Å². The Morgan fingerprint density at radius 3 is 2.19 bits per heavy atom. The maximum absolute atomic E-state index is 12.9. The maximum atomic E-state index is 12.9. The zero-order valence-electron chi connectivity index (χ0n) is 19.5. The Kier molecular flexibility index (Phi) is 6.71. The lowest BCUT2D eigenvalue weighted by atomic mass is 10.1. The number of sulfonamides is 1. The normalized spacial score (nSPS) is 16.3. The van der Waals surface area contributed by atoms with Crippen molar-refractivity contribution in [3.63, 3.8) is 0 Å². The van der Waals surface area contributed by atoms with E-state index < -0.39 is 23.6 Å². The fraction of sp³-hybridized carbons (Fsp3) is 0.522. The van der Waals surface area contributed by atoms with Crippen LogP contribution in [0.3, 0.4) is 0 Å². The highest BCUT2D eigenvalue weighted by molar-refractivity contribution is 7.93. The SMILES string of the molecule is Cc1ccc(N2CCC(S(=O)(=O)Nc3ccc(O[Si](C)(C)C(C)(C)C)cn3)CC2)cc1. The van der Waals surface area contributed by atoms with Crippen LogP contribution in [0.1, 0.15) is 39.2 Å². The molecule has 0 spiro atoms. The molecule has 0 amide bonds. The van der Waals surface area contributed by atoms with Crippen LogP contribution in [-0.2, 0) is 10.0 Å². The number of hydrogen-bond donors (Lipinski definition) is 1. The Balaban J connectivity index is 1.59. The van der Waals surface area contributed by atoms with Gasteiger partial charge in [0.2, 0.25) is 10.0 Å². The number of pyridine rings is 1. The molecule has 0 aliphatic carbocycles. The van der Waals surface area contributed by atoms with Crippen LogP contribution in [-0.4, -0.2) is 40.1 Å². The molecule has 1 aromatic carbocycles. The van der Waals surface area contributed by atoms with Gasteiger partial charge in [0.25, 0.3) is 8.32 Å². The monoisotopic (exact) mass is 461 g/mol. The molecule has 0 atom stereocenters. The number of aryl methyl sites for hydroxylation is 1. The summed E-state index contributed by atoms with van der Waals surface area (Å²) in [5.74, 6) is 1.02. The minimum absolute atomic E-state index is 0.0840. The van der Waals surface area contributed by atoms with E-state index in [0.717, 1.165) is 18.8 Å². The predicted molar refractivity (Wildman–Crippen MR) is 131 cm³/mol. The van der Waals surface area contributed by atoms with Gasteiger partial charge >= 0.3 is 0 Å². The molecule has 1 aliphatic heterocycles. The van der Waals surface area contributed by atoms with Gasteiger partial charge in [-0.1, -0.05) is 38.5 Å². The first-order chi connectivity index (χ1) is 14.4. The molecule has 1 N–H and O–H groups in total. The van der Waals surface area contributed by atoms with Crippen LogP contribution in [0.15, 0.2) is 42.6 Å². The summed E-state index contributed by atoms with van der Waals surface area (Å²) in [5, 5.41) is -0.333. The number of hydrogen-bond acceptors (Lipinski definition) is 5. The Morgan fingerprint density at radius 2 is 1.68 bits per heavy atom. The molecule has 2 aromatic rings. The second-order valence-electron chi connectivity index (χ2n) is 9.91. The second-order valence-corrected chi connectivity index (χ2v) is 16.6. The molecular formula is C23H35N3O3SSi. The van der Waals surface area contributed by atoms with E-state index in [2.05, 4.69) is 79.7 Å². The molecule has 170 valence electrons. The van der Waals surface area contributed by atoms with Crippen molar-refractivity contribution < 1.29 is 12.8 Å². The number of aromatic nitrogens is 1. The van der Waals surface area contributed by atoms with Crippen LogP contribution in [0.4, 0.5) is 11.5 Å². The van der Waals surface area contributed by atoms with Gasteiger partial charge in [-0.05, 0) is 62.2 Å². The summed E-state index contributed by atoms with van der Waals surface area (Å²) in [6, 6.07) is 11.8. The quantitative estimate of drug-likeness (QED) is 0.600. The molecule has 3 rings (SSSR count). The van der Waals surface area contributed by atoms with Gasteiger partial charge in [-0.15, -0.1) is 0 Å². The summed E-state index contributed by atoms with van der Waals surface area (Å²) in [4.78, 5) is 6.54. The van der Waals surface area contributed by atoms with E-state index >= 15 is 0 Å². The van der Waals surface area contributed by atoms with E-state index in [-0.39, 0.29) is 5.04 Å². The van der Waals surface area contributed by atoms with Crippen LogP contribution in [0.5, 0.6) is 5.75 Å². The van der Waals surface area contributed by atoms with E-state index in [1.54, 1.807) is 18.3 Å². The lowest BCUT2D eigenvalue weighted by Gasteiger charge is -2.36. The lowest BCUT2D eigenvalue weighted by molar-refractivity contribution is 0.490. The highest BCUT2D eigenvalue weighted by atomic mass is 32.2. The van der Waals surface area contributed by atoms with Gasteiger partial charge in [0, 0.05) is 18.8 Å². The molecule has 0 bridgehead atoms. The third-order valence-corrected chi connectivity index (χ3v) is 12.6. The molecule has 1 aromatic heterocycles. The fourth-order valence-electron chi connectivity index (χ4n) is 3.36. The third kappa shape index (κ3) is 5.80. The van der Waals surface area contributed by atoms with Crippen molar-refractivity contribution in [2.75, 3.05) is 22.7 Å². The molecule has 0 saturated carbocycles. The number of piperidine rings is 1. The highest BCUT2D eigenvalue weighted by Crippen LogP contribution is 2.37. The van der Waals surface area contributed by atoms with Gasteiger partial charge < -0.3 is 9.33 Å². The van der Waals surface area contributed by atoms with Gasteiger partial charge in [-0.3, -0.25) is 4.72 Å². The zero-order chi connectivity index (χ0) is 22.9. The van der Waals surface area contributed by atoms with Crippen molar-refractivity contribution in [1.82, 2.24) is 4.98 Å². The summed E-state index contributed by atoms with van der Waals surface area (Å²) in [7, 11) is -5.45. The van der Waals surface area contributed by atoms with Crippen LogP contribution in [0.2, 0.25) is 18.1 Å². The smallest absolute Gasteiger partial charge is 0.250 e. The van der Waals surface area contributed by atoms with E-state index in [1.807, 2.05) is 0 Å². The van der Waals surface area contributed by atoms with Gasteiger partial charge in [-0.25, -0.2) is 13.4 Å². The average molecular weight is 462 g/mol. The molecule has 8 heteroatoms. The molecule has 1 saturated heterocycles. The first-order valence-electron chi connectivity index (χ1n) is 10.9. The van der Waals surface area contributed by atoms with Crippen LogP contribution < -0.4 is 14.0 Å². The lowest BCUT2D eigenvalue weighted by Crippen LogP contribution is -2.43. The number of rotatable bonds is 6. The van der Waals surface area contributed by atoms with E-state index in [9.17, 15) is 8.42 Å². The minimum atomic E-state index is -3.49. The van der Waals surface area contributed by atoms with Crippen LogP contribution >= 0.6 is 0 Å². The molecule has 31 heavy (non-hydrogen) atoms. The molecule has 0 unspecified atom stereocenters. The fourth-order valence-corrected chi connectivity index (χ4v) is 5.78. The Labute approximate surface area is 188 Å². The molecular weight excluding hydrogens is 426 g/mol. The number of nitrogens with zero attached hydrogens (tertiary/aromatic N) is 2. The van der Waals surface area contributed by atoms with Gasteiger partial charge in [-0.2, -0.15) is 0 Å². The first kappa shape index (κ1) is 23.6. The second kappa shape index (κ2) is 8.82. The maximum Gasteiger partial charge on any atom is 0.250 e. The Hall–Kier alpha value is -2.06. The molecule has 1 fully saturated rings. The van der Waals surface area contributed by atoms with Crippen molar-refractivity contribution in [1.29, 1.82) is 0 Å². The van der Waals surface area contributed by atoms with Crippen LogP contribution in [0, 0.1) is 6.92 Å². The number of benzene rings is 1. The van der Waals surface area contributed by atoms with E-state index in [1.165, 1.54) is 5.56 Å². The van der Waals surface area contributed by atoms with Crippen molar-refractivity contribution >= 4 is 29.8 Å². The van der Waals surface area contributed by atoms with E-state index in [0.29, 0.717) is 24.4 Å². The first-order valence-corrected chi connectivity index (χ1v) is 15.3.